The highest BCUT2D eigenvalue weighted by Crippen LogP contribution is 2.34. The molecule has 0 spiro atoms. The molecular formula is C14H18N2O5S. The molecule has 2 aliphatic heterocycles. The van der Waals surface area contributed by atoms with Gasteiger partial charge in [-0.1, -0.05) is 0 Å². The second kappa shape index (κ2) is 5.77. The summed E-state index contributed by atoms with van der Waals surface area (Å²) in [6.45, 7) is 1.31. The molecule has 2 N–H and O–H groups in total. The smallest absolute Gasteiger partial charge is 0.243 e. The van der Waals surface area contributed by atoms with E-state index in [1.54, 1.807) is 6.07 Å². The normalized spacial score (nSPS) is 22.3. The van der Waals surface area contributed by atoms with Gasteiger partial charge in [0.15, 0.2) is 11.5 Å². The molecule has 8 heteroatoms. The van der Waals surface area contributed by atoms with Gasteiger partial charge in [0.2, 0.25) is 15.9 Å². The van der Waals surface area contributed by atoms with Gasteiger partial charge in [-0.25, -0.2) is 8.42 Å². The quantitative estimate of drug-likeness (QED) is 0.871. The Bertz CT molecular complexity index is 688. The summed E-state index contributed by atoms with van der Waals surface area (Å²) in [6.07, 6.45) is 1.82. The number of rotatable bonds is 3. The molecule has 1 fully saturated rings. The number of sulfonamides is 1. The van der Waals surface area contributed by atoms with Crippen molar-refractivity contribution in [2.75, 3.05) is 19.8 Å². The lowest BCUT2D eigenvalue weighted by atomic mass is 10.2. The molecule has 1 aromatic carbocycles. The Morgan fingerprint density at radius 2 is 1.91 bits per heavy atom. The van der Waals surface area contributed by atoms with Crippen molar-refractivity contribution in [3.63, 3.8) is 0 Å². The summed E-state index contributed by atoms with van der Waals surface area (Å²) in [5.74, 6) is 0.327. The number of fused-ring (bicyclic) bond motifs is 1. The third-order valence-corrected chi connectivity index (χ3v) is 5.76. The lowest BCUT2D eigenvalue weighted by molar-refractivity contribution is -0.121. The Balaban J connectivity index is 1.95. The maximum Gasteiger partial charge on any atom is 0.243 e. The van der Waals surface area contributed by atoms with Crippen LogP contribution in [0.25, 0.3) is 0 Å². The van der Waals surface area contributed by atoms with E-state index in [0.717, 1.165) is 6.42 Å². The fourth-order valence-corrected chi connectivity index (χ4v) is 4.43. The van der Waals surface area contributed by atoms with Gasteiger partial charge in [-0.15, -0.1) is 0 Å². The summed E-state index contributed by atoms with van der Waals surface area (Å²) in [5.41, 5.74) is 5.30. The molecule has 1 unspecified atom stereocenters. The fraction of sp³-hybridized carbons (Fsp3) is 0.500. The van der Waals surface area contributed by atoms with Crippen molar-refractivity contribution < 1.29 is 22.7 Å². The van der Waals surface area contributed by atoms with Crippen molar-refractivity contribution >= 4 is 15.9 Å². The minimum Gasteiger partial charge on any atom is -0.490 e. The van der Waals surface area contributed by atoms with Crippen molar-refractivity contribution in [3.05, 3.63) is 18.2 Å². The topological polar surface area (TPSA) is 98.9 Å². The van der Waals surface area contributed by atoms with Crippen LogP contribution >= 0.6 is 0 Å². The molecule has 0 aromatic heterocycles. The van der Waals surface area contributed by atoms with Crippen LogP contribution in [-0.4, -0.2) is 44.4 Å². The largest absolute Gasteiger partial charge is 0.490 e. The lowest BCUT2D eigenvalue weighted by Crippen LogP contribution is -2.43. The first-order chi connectivity index (χ1) is 10.5. The number of hydrogen-bond donors (Lipinski definition) is 1. The number of hydrogen-bond acceptors (Lipinski definition) is 5. The molecule has 3 rings (SSSR count). The Morgan fingerprint density at radius 1 is 1.18 bits per heavy atom. The molecule has 0 aliphatic carbocycles. The van der Waals surface area contributed by atoms with Gasteiger partial charge >= 0.3 is 0 Å². The molecule has 0 saturated carbocycles. The van der Waals surface area contributed by atoms with Gasteiger partial charge in [-0.2, -0.15) is 4.31 Å². The van der Waals surface area contributed by atoms with Crippen LogP contribution in [0.15, 0.2) is 23.1 Å². The predicted octanol–water partition coefficient (Wildman–Crippen LogP) is 0.486. The predicted molar refractivity (Wildman–Crippen MR) is 78.2 cm³/mol. The Kier molecular flexibility index (Phi) is 3.96. The molecule has 120 valence electrons. The molecular weight excluding hydrogens is 308 g/mol. The van der Waals surface area contributed by atoms with Crippen molar-refractivity contribution in [2.24, 2.45) is 5.73 Å². The molecule has 0 radical (unpaired) electrons. The number of carbonyl (C=O) groups is 1. The van der Waals surface area contributed by atoms with Gasteiger partial charge < -0.3 is 15.2 Å². The van der Waals surface area contributed by atoms with Crippen molar-refractivity contribution in [1.82, 2.24) is 4.31 Å². The molecule has 0 bridgehead atoms. The molecule has 1 saturated heterocycles. The third kappa shape index (κ3) is 2.64. The van der Waals surface area contributed by atoms with E-state index in [4.69, 9.17) is 15.2 Å². The highest BCUT2D eigenvalue weighted by atomic mass is 32.2. The molecule has 1 atom stereocenters. The van der Waals surface area contributed by atoms with Gasteiger partial charge in [0, 0.05) is 19.0 Å². The van der Waals surface area contributed by atoms with Crippen molar-refractivity contribution in [1.29, 1.82) is 0 Å². The first-order valence-corrected chi connectivity index (χ1v) is 8.65. The number of carbonyl (C=O) groups excluding carboxylic acids is 1. The summed E-state index contributed by atoms with van der Waals surface area (Å²) >= 11 is 0. The van der Waals surface area contributed by atoms with Crippen LogP contribution < -0.4 is 15.2 Å². The monoisotopic (exact) mass is 326 g/mol. The zero-order valence-electron chi connectivity index (χ0n) is 12.0. The second-order valence-corrected chi connectivity index (χ2v) is 7.23. The van der Waals surface area contributed by atoms with E-state index in [0.29, 0.717) is 44.1 Å². The zero-order chi connectivity index (χ0) is 15.7. The number of ether oxygens (including phenoxy) is 2. The van der Waals surface area contributed by atoms with Crippen LogP contribution in [0.3, 0.4) is 0 Å². The number of nitrogens with zero attached hydrogens (tertiary/aromatic N) is 1. The summed E-state index contributed by atoms with van der Waals surface area (Å²) in [4.78, 5) is 11.5. The van der Waals surface area contributed by atoms with Crippen molar-refractivity contribution in [2.45, 2.75) is 30.2 Å². The average Bonchev–Trinajstić information content (AvgIpc) is 2.87. The highest BCUT2D eigenvalue weighted by Gasteiger charge is 2.38. The van der Waals surface area contributed by atoms with Crippen LogP contribution in [0, 0.1) is 0 Å². The summed E-state index contributed by atoms with van der Waals surface area (Å²) in [7, 11) is -3.78. The molecule has 22 heavy (non-hydrogen) atoms. The maximum absolute atomic E-state index is 12.7. The van der Waals surface area contributed by atoms with Crippen LogP contribution in [0.1, 0.15) is 19.3 Å². The van der Waals surface area contributed by atoms with E-state index < -0.39 is 22.0 Å². The number of primary amides is 1. The lowest BCUT2D eigenvalue weighted by Gasteiger charge is -2.22. The van der Waals surface area contributed by atoms with Gasteiger partial charge in [-0.3, -0.25) is 4.79 Å². The second-order valence-electron chi connectivity index (χ2n) is 5.34. The van der Waals surface area contributed by atoms with E-state index in [1.807, 2.05) is 0 Å². The first-order valence-electron chi connectivity index (χ1n) is 7.21. The molecule has 7 nitrogen and oxygen atoms in total. The molecule has 2 heterocycles. The Labute approximate surface area is 129 Å². The minimum absolute atomic E-state index is 0.0879. The summed E-state index contributed by atoms with van der Waals surface area (Å²) in [5, 5.41) is 0. The number of amides is 1. The van der Waals surface area contributed by atoms with Gasteiger partial charge in [-0.05, 0) is 25.0 Å². The average molecular weight is 326 g/mol. The van der Waals surface area contributed by atoms with E-state index >= 15 is 0 Å². The van der Waals surface area contributed by atoms with E-state index in [1.165, 1.54) is 16.4 Å². The van der Waals surface area contributed by atoms with Gasteiger partial charge in [0.05, 0.1) is 18.1 Å². The van der Waals surface area contributed by atoms with Gasteiger partial charge in [0.1, 0.15) is 6.04 Å². The van der Waals surface area contributed by atoms with Crippen LogP contribution in [0.2, 0.25) is 0 Å². The standard InChI is InChI=1S/C14H18N2O5S/c15-14(17)11-3-1-6-16(11)22(18,19)10-4-5-12-13(9-10)21-8-2-7-20-12/h4-5,9,11H,1-3,6-8H2,(H2,15,17). The van der Waals surface area contributed by atoms with Gasteiger partial charge in [0.25, 0.3) is 0 Å². The maximum atomic E-state index is 12.7. The summed E-state index contributed by atoms with van der Waals surface area (Å²) < 4.78 is 37.7. The van der Waals surface area contributed by atoms with E-state index in [-0.39, 0.29) is 4.90 Å². The number of nitrogens with two attached hydrogens (primary N) is 1. The fourth-order valence-electron chi connectivity index (χ4n) is 2.75. The Morgan fingerprint density at radius 3 is 2.64 bits per heavy atom. The zero-order valence-corrected chi connectivity index (χ0v) is 12.8. The van der Waals surface area contributed by atoms with E-state index in [9.17, 15) is 13.2 Å². The highest BCUT2D eigenvalue weighted by molar-refractivity contribution is 7.89. The molecule has 1 aromatic rings. The molecule has 1 amide bonds. The Hall–Kier alpha value is -1.80. The first kappa shape index (κ1) is 15.1. The SMILES string of the molecule is NC(=O)C1CCCN1S(=O)(=O)c1ccc2c(c1)OCCCO2. The minimum atomic E-state index is -3.78. The van der Waals surface area contributed by atoms with Crippen LogP contribution in [-0.2, 0) is 14.8 Å². The number of benzene rings is 1. The van der Waals surface area contributed by atoms with E-state index in [2.05, 4.69) is 0 Å². The summed E-state index contributed by atoms with van der Waals surface area (Å²) in [6, 6.07) is 3.73. The van der Waals surface area contributed by atoms with Crippen LogP contribution in [0.4, 0.5) is 0 Å². The van der Waals surface area contributed by atoms with Crippen molar-refractivity contribution in [3.8, 4) is 11.5 Å². The third-order valence-electron chi connectivity index (χ3n) is 3.86. The van der Waals surface area contributed by atoms with Crippen LogP contribution in [0.5, 0.6) is 11.5 Å². The molecule has 2 aliphatic rings.